The molecule has 0 unspecified atom stereocenters. The fraction of sp³-hybridized carbons (Fsp3) is 0.688. The summed E-state index contributed by atoms with van der Waals surface area (Å²) >= 11 is 0. The number of aliphatic hydroxyl groups is 1. The molecule has 0 radical (unpaired) electrons. The Morgan fingerprint density at radius 1 is 1.45 bits per heavy atom. The zero-order chi connectivity index (χ0) is 14.9. The van der Waals surface area contributed by atoms with Crippen molar-refractivity contribution in [2.24, 2.45) is 4.99 Å². The number of likely N-dealkylation sites (tertiary alicyclic amines) is 1. The smallest absolute Gasteiger partial charge is 0.193 e. The number of rotatable bonds is 6. The SMILES string of the molecule is CCCCN=C(NCCc1ccco1)N1CCC(O)CC1.I. The molecule has 1 fully saturated rings. The van der Waals surface area contributed by atoms with Crippen LogP contribution in [0.25, 0.3) is 0 Å². The lowest BCUT2D eigenvalue weighted by Crippen LogP contribution is -2.47. The van der Waals surface area contributed by atoms with Crippen LogP contribution in [0.4, 0.5) is 0 Å². The predicted molar refractivity (Wildman–Crippen MR) is 99.9 cm³/mol. The van der Waals surface area contributed by atoms with Gasteiger partial charge in [0.2, 0.25) is 0 Å². The fourth-order valence-electron chi connectivity index (χ4n) is 2.44. The molecule has 2 N–H and O–H groups in total. The zero-order valence-corrected chi connectivity index (χ0v) is 15.7. The topological polar surface area (TPSA) is 61.0 Å². The standard InChI is InChI=1S/C16H27N3O2.HI/c1-2-3-9-17-16(19-11-7-14(20)8-12-19)18-10-6-15-5-4-13-21-15;/h4-5,13-14,20H,2-3,6-12H2,1H3,(H,17,18);1H. The van der Waals surface area contributed by atoms with Gasteiger partial charge in [-0.1, -0.05) is 13.3 Å². The fourth-order valence-corrected chi connectivity index (χ4v) is 2.44. The number of nitrogens with one attached hydrogen (secondary N) is 1. The van der Waals surface area contributed by atoms with E-state index in [0.717, 1.165) is 70.0 Å². The Hall–Kier alpha value is -0.760. The molecule has 0 bridgehead atoms. The quantitative estimate of drug-likeness (QED) is 0.321. The van der Waals surface area contributed by atoms with Crippen LogP contribution in [-0.2, 0) is 6.42 Å². The highest BCUT2D eigenvalue weighted by Crippen LogP contribution is 2.10. The summed E-state index contributed by atoms with van der Waals surface area (Å²) < 4.78 is 5.35. The number of guanidine groups is 1. The average Bonchev–Trinajstić information content (AvgIpc) is 3.00. The van der Waals surface area contributed by atoms with Crippen LogP contribution >= 0.6 is 24.0 Å². The summed E-state index contributed by atoms with van der Waals surface area (Å²) in [6, 6.07) is 3.91. The first-order chi connectivity index (χ1) is 10.3. The van der Waals surface area contributed by atoms with Crippen LogP contribution in [0, 0.1) is 0 Å². The maximum atomic E-state index is 9.62. The van der Waals surface area contributed by atoms with Crippen LogP contribution < -0.4 is 5.32 Å². The molecule has 5 nitrogen and oxygen atoms in total. The number of aliphatic imine (C=N–C) groups is 1. The molecular weight excluding hydrogens is 393 g/mol. The summed E-state index contributed by atoms with van der Waals surface area (Å²) in [4.78, 5) is 6.95. The summed E-state index contributed by atoms with van der Waals surface area (Å²) in [5, 5.41) is 13.1. The Kier molecular flexibility index (Phi) is 9.54. The highest BCUT2D eigenvalue weighted by atomic mass is 127. The number of aliphatic hydroxyl groups excluding tert-OH is 1. The van der Waals surface area contributed by atoms with Gasteiger partial charge in [-0.05, 0) is 31.4 Å². The van der Waals surface area contributed by atoms with Crippen molar-refractivity contribution in [1.82, 2.24) is 10.2 Å². The summed E-state index contributed by atoms with van der Waals surface area (Å²) in [6.07, 6.45) is 6.33. The van der Waals surface area contributed by atoms with Crippen molar-refractivity contribution in [3.05, 3.63) is 24.2 Å². The maximum Gasteiger partial charge on any atom is 0.193 e. The number of hydrogen-bond donors (Lipinski definition) is 2. The van der Waals surface area contributed by atoms with Crippen molar-refractivity contribution in [3.63, 3.8) is 0 Å². The molecule has 1 aromatic rings. The molecule has 126 valence electrons. The predicted octanol–water partition coefficient (Wildman–Crippen LogP) is 2.64. The van der Waals surface area contributed by atoms with E-state index < -0.39 is 0 Å². The van der Waals surface area contributed by atoms with Crippen molar-refractivity contribution in [2.45, 2.75) is 45.1 Å². The molecule has 0 spiro atoms. The molecule has 1 aliphatic heterocycles. The maximum absolute atomic E-state index is 9.62. The number of unbranched alkanes of at least 4 members (excludes halogenated alkanes) is 1. The first-order valence-electron chi connectivity index (χ1n) is 8.03. The Labute approximate surface area is 150 Å². The minimum absolute atomic E-state index is 0. The second kappa shape index (κ2) is 10.9. The molecule has 22 heavy (non-hydrogen) atoms. The van der Waals surface area contributed by atoms with Crippen molar-refractivity contribution in [3.8, 4) is 0 Å². The number of halogens is 1. The van der Waals surface area contributed by atoms with Crippen molar-refractivity contribution >= 4 is 29.9 Å². The molecule has 0 aromatic carbocycles. The zero-order valence-electron chi connectivity index (χ0n) is 13.3. The molecule has 2 heterocycles. The third-order valence-electron chi connectivity index (χ3n) is 3.77. The third kappa shape index (κ3) is 6.56. The van der Waals surface area contributed by atoms with E-state index in [0.29, 0.717) is 0 Å². The molecule has 1 saturated heterocycles. The van der Waals surface area contributed by atoms with E-state index in [1.165, 1.54) is 0 Å². The van der Waals surface area contributed by atoms with Gasteiger partial charge in [0.15, 0.2) is 5.96 Å². The molecule has 0 atom stereocenters. The third-order valence-corrected chi connectivity index (χ3v) is 3.77. The summed E-state index contributed by atoms with van der Waals surface area (Å²) in [6.45, 7) is 5.60. The lowest BCUT2D eigenvalue weighted by molar-refractivity contribution is 0.108. The van der Waals surface area contributed by atoms with Gasteiger partial charge in [0.25, 0.3) is 0 Å². The summed E-state index contributed by atoms with van der Waals surface area (Å²) in [5.41, 5.74) is 0. The van der Waals surface area contributed by atoms with Crippen molar-refractivity contribution < 1.29 is 9.52 Å². The van der Waals surface area contributed by atoms with Gasteiger partial charge in [0.05, 0.1) is 12.4 Å². The second-order valence-corrected chi connectivity index (χ2v) is 5.53. The minimum atomic E-state index is -0.152. The van der Waals surface area contributed by atoms with Crippen LogP contribution in [0.3, 0.4) is 0 Å². The van der Waals surface area contributed by atoms with Crippen LogP contribution in [0.5, 0.6) is 0 Å². The van der Waals surface area contributed by atoms with Gasteiger partial charge < -0.3 is 19.7 Å². The summed E-state index contributed by atoms with van der Waals surface area (Å²) in [7, 11) is 0. The first-order valence-corrected chi connectivity index (χ1v) is 8.03. The average molecular weight is 421 g/mol. The molecule has 0 saturated carbocycles. The lowest BCUT2D eigenvalue weighted by atomic mass is 10.1. The minimum Gasteiger partial charge on any atom is -0.469 e. The van der Waals surface area contributed by atoms with Gasteiger partial charge in [-0.25, -0.2) is 0 Å². The Morgan fingerprint density at radius 3 is 2.86 bits per heavy atom. The largest absolute Gasteiger partial charge is 0.469 e. The molecule has 1 aliphatic rings. The molecule has 6 heteroatoms. The van der Waals surface area contributed by atoms with E-state index in [1.807, 2.05) is 12.1 Å². The monoisotopic (exact) mass is 421 g/mol. The van der Waals surface area contributed by atoms with E-state index in [9.17, 15) is 5.11 Å². The van der Waals surface area contributed by atoms with Crippen molar-refractivity contribution in [1.29, 1.82) is 0 Å². The highest BCUT2D eigenvalue weighted by Gasteiger charge is 2.19. The summed E-state index contributed by atoms with van der Waals surface area (Å²) in [5.74, 6) is 1.96. The molecule has 1 aromatic heterocycles. The van der Waals surface area contributed by atoms with Crippen LogP contribution in [0.2, 0.25) is 0 Å². The molecule has 2 rings (SSSR count). The number of piperidine rings is 1. The molecule has 0 aliphatic carbocycles. The van der Waals surface area contributed by atoms with Gasteiger partial charge in [-0.15, -0.1) is 24.0 Å². The number of hydrogen-bond acceptors (Lipinski definition) is 3. The lowest BCUT2D eigenvalue weighted by Gasteiger charge is -2.32. The van der Waals surface area contributed by atoms with E-state index in [4.69, 9.17) is 9.41 Å². The van der Waals surface area contributed by atoms with Gasteiger partial charge in [0, 0.05) is 32.6 Å². The van der Waals surface area contributed by atoms with E-state index in [1.54, 1.807) is 6.26 Å². The van der Waals surface area contributed by atoms with Gasteiger partial charge in [0.1, 0.15) is 5.76 Å². The molecular formula is C16H28IN3O2. The van der Waals surface area contributed by atoms with Crippen LogP contribution in [-0.4, -0.2) is 48.2 Å². The number of furan rings is 1. The Balaban J connectivity index is 0.00000242. The normalized spacial score (nSPS) is 16.5. The second-order valence-electron chi connectivity index (χ2n) is 5.53. The Bertz CT molecular complexity index is 415. The van der Waals surface area contributed by atoms with Crippen LogP contribution in [0.1, 0.15) is 38.4 Å². The van der Waals surface area contributed by atoms with E-state index in [2.05, 4.69) is 17.1 Å². The van der Waals surface area contributed by atoms with Gasteiger partial charge >= 0.3 is 0 Å². The van der Waals surface area contributed by atoms with Gasteiger partial charge in [-0.3, -0.25) is 4.99 Å². The van der Waals surface area contributed by atoms with E-state index in [-0.39, 0.29) is 30.1 Å². The van der Waals surface area contributed by atoms with Gasteiger partial charge in [-0.2, -0.15) is 0 Å². The molecule has 0 amide bonds. The van der Waals surface area contributed by atoms with Crippen molar-refractivity contribution in [2.75, 3.05) is 26.2 Å². The Morgan fingerprint density at radius 2 is 2.23 bits per heavy atom. The first kappa shape index (κ1) is 19.3. The number of nitrogens with zero attached hydrogens (tertiary/aromatic N) is 2. The van der Waals surface area contributed by atoms with E-state index >= 15 is 0 Å². The van der Waals surface area contributed by atoms with Crippen LogP contribution in [0.15, 0.2) is 27.8 Å². The highest BCUT2D eigenvalue weighted by molar-refractivity contribution is 14.0.